The van der Waals surface area contributed by atoms with Gasteiger partial charge >= 0.3 is 12.0 Å². The molecule has 5 nitrogen and oxygen atoms in total. The van der Waals surface area contributed by atoms with Gasteiger partial charge in [-0.2, -0.15) is 0 Å². The molecule has 0 heterocycles. The third-order valence-corrected chi connectivity index (χ3v) is 2.55. The van der Waals surface area contributed by atoms with Gasteiger partial charge in [-0.15, -0.1) is 6.58 Å². The largest absolute Gasteiger partial charge is 0.481 e. The van der Waals surface area contributed by atoms with Crippen LogP contribution in [0.3, 0.4) is 0 Å². The van der Waals surface area contributed by atoms with E-state index in [-0.39, 0.29) is 19.0 Å². The molecule has 1 aliphatic rings. The van der Waals surface area contributed by atoms with Crippen molar-refractivity contribution in [3.05, 3.63) is 12.7 Å². The lowest BCUT2D eigenvalue weighted by molar-refractivity contribution is -0.137. The van der Waals surface area contributed by atoms with Gasteiger partial charge in [0.1, 0.15) is 0 Å². The quantitative estimate of drug-likeness (QED) is 0.691. The monoisotopic (exact) mass is 226 g/mol. The van der Waals surface area contributed by atoms with Crippen molar-refractivity contribution in [3.63, 3.8) is 0 Å². The van der Waals surface area contributed by atoms with E-state index in [1.807, 2.05) is 0 Å². The van der Waals surface area contributed by atoms with Gasteiger partial charge in [0.15, 0.2) is 0 Å². The van der Waals surface area contributed by atoms with Crippen LogP contribution < -0.4 is 0 Å². The third-order valence-electron chi connectivity index (χ3n) is 2.55. The number of urea groups is 1. The fourth-order valence-electron chi connectivity index (χ4n) is 1.49. The number of carbonyl (C=O) groups is 2. The van der Waals surface area contributed by atoms with Crippen molar-refractivity contribution < 1.29 is 14.7 Å². The molecule has 90 valence electrons. The minimum Gasteiger partial charge on any atom is -0.481 e. The average Bonchev–Trinajstić information content (AvgIpc) is 3.05. The van der Waals surface area contributed by atoms with Crippen LogP contribution in [-0.4, -0.2) is 53.1 Å². The highest BCUT2D eigenvalue weighted by Crippen LogP contribution is 2.27. The van der Waals surface area contributed by atoms with Gasteiger partial charge in [0, 0.05) is 26.2 Å². The van der Waals surface area contributed by atoms with E-state index >= 15 is 0 Å². The Kier molecular flexibility index (Phi) is 4.34. The Morgan fingerprint density at radius 1 is 1.50 bits per heavy atom. The Balaban J connectivity index is 2.45. The lowest BCUT2D eigenvalue weighted by atomic mass is 10.4. The maximum atomic E-state index is 11.9. The van der Waals surface area contributed by atoms with Crippen LogP contribution in [0.1, 0.15) is 19.3 Å². The maximum absolute atomic E-state index is 11.9. The number of carboxylic acid groups (broad SMARTS) is 1. The molecule has 0 atom stereocenters. The minimum absolute atomic E-state index is 0.0190. The summed E-state index contributed by atoms with van der Waals surface area (Å²) in [6.45, 7) is 4.39. The molecule has 0 radical (unpaired) electrons. The molecule has 1 rings (SSSR count). The highest BCUT2D eigenvalue weighted by molar-refractivity contribution is 5.76. The molecule has 2 amide bonds. The molecule has 1 fully saturated rings. The zero-order valence-electron chi connectivity index (χ0n) is 9.56. The molecule has 16 heavy (non-hydrogen) atoms. The van der Waals surface area contributed by atoms with Gasteiger partial charge in [-0.05, 0) is 12.8 Å². The van der Waals surface area contributed by atoms with E-state index in [9.17, 15) is 9.59 Å². The summed E-state index contributed by atoms with van der Waals surface area (Å²) in [5, 5.41) is 8.54. The molecular weight excluding hydrogens is 208 g/mol. The van der Waals surface area contributed by atoms with E-state index in [4.69, 9.17) is 5.11 Å². The number of nitrogens with zero attached hydrogens (tertiary/aromatic N) is 2. The first kappa shape index (κ1) is 12.5. The standard InChI is InChI=1S/C11H18N2O3/c1-3-7-13(9-4-5-9)11(16)12(2)8-6-10(14)15/h3,9H,1,4-8H2,2H3,(H,14,15). The van der Waals surface area contributed by atoms with Gasteiger partial charge in [-0.25, -0.2) is 4.79 Å². The lowest BCUT2D eigenvalue weighted by Crippen LogP contribution is -2.43. The summed E-state index contributed by atoms with van der Waals surface area (Å²) < 4.78 is 0. The molecule has 0 aliphatic heterocycles. The van der Waals surface area contributed by atoms with E-state index in [0.29, 0.717) is 12.6 Å². The van der Waals surface area contributed by atoms with Crippen LogP contribution in [0.2, 0.25) is 0 Å². The molecule has 1 saturated carbocycles. The Morgan fingerprint density at radius 2 is 2.12 bits per heavy atom. The predicted molar refractivity (Wildman–Crippen MR) is 60.2 cm³/mol. The third kappa shape index (κ3) is 3.56. The van der Waals surface area contributed by atoms with Crippen molar-refractivity contribution in [1.29, 1.82) is 0 Å². The molecule has 0 aromatic heterocycles. The van der Waals surface area contributed by atoms with Crippen LogP contribution in [0.4, 0.5) is 4.79 Å². The predicted octanol–water partition coefficient (Wildman–Crippen LogP) is 1.16. The second-order valence-electron chi connectivity index (χ2n) is 4.02. The number of amides is 2. The van der Waals surface area contributed by atoms with Gasteiger partial charge in [-0.1, -0.05) is 6.08 Å². The summed E-state index contributed by atoms with van der Waals surface area (Å²) in [6.07, 6.45) is 3.74. The molecule has 0 bridgehead atoms. The summed E-state index contributed by atoms with van der Waals surface area (Å²) in [4.78, 5) is 25.5. The second-order valence-corrected chi connectivity index (χ2v) is 4.02. The minimum atomic E-state index is -0.888. The maximum Gasteiger partial charge on any atom is 0.320 e. The van der Waals surface area contributed by atoms with Gasteiger partial charge in [0.25, 0.3) is 0 Å². The Morgan fingerprint density at radius 3 is 2.56 bits per heavy atom. The van der Waals surface area contributed by atoms with E-state index in [1.165, 1.54) is 4.90 Å². The second kappa shape index (κ2) is 5.53. The van der Waals surface area contributed by atoms with Crippen molar-refractivity contribution in [2.45, 2.75) is 25.3 Å². The highest BCUT2D eigenvalue weighted by Gasteiger charge is 2.33. The van der Waals surface area contributed by atoms with E-state index < -0.39 is 5.97 Å². The lowest BCUT2D eigenvalue weighted by Gasteiger charge is -2.27. The average molecular weight is 226 g/mol. The first-order valence-corrected chi connectivity index (χ1v) is 5.40. The van der Waals surface area contributed by atoms with Gasteiger partial charge in [-0.3, -0.25) is 4.79 Å². The van der Waals surface area contributed by atoms with Crippen LogP contribution in [0, 0.1) is 0 Å². The van der Waals surface area contributed by atoms with Crippen LogP contribution in [-0.2, 0) is 4.79 Å². The van der Waals surface area contributed by atoms with Gasteiger partial charge in [0.2, 0.25) is 0 Å². The number of hydrogen-bond acceptors (Lipinski definition) is 2. The summed E-state index contributed by atoms with van der Waals surface area (Å²) in [7, 11) is 1.63. The fourth-order valence-corrected chi connectivity index (χ4v) is 1.49. The normalized spacial score (nSPS) is 14.3. The Labute approximate surface area is 95.3 Å². The summed E-state index contributed by atoms with van der Waals surface area (Å²) in [5.74, 6) is -0.888. The molecule has 1 N–H and O–H groups in total. The number of carbonyl (C=O) groups excluding carboxylic acids is 1. The molecule has 0 saturated heterocycles. The van der Waals surface area contributed by atoms with Crippen LogP contribution in [0.5, 0.6) is 0 Å². The topological polar surface area (TPSA) is 60.9 Å². The van der Waals surface area contributed by atoms with Crippen molar-refractivity contribution in [3.8, 4) is 0 Å². The molecule has 5 heteroatoms. The number of hydrogen-bond donors (Lipinski definition) is 1. The van der Waals surface area contributed by atoms with E-state index in [1.54, 1.807) is 18.0 Å². The molecule has 1 aliphatic carbocycles. The Hall–Kier alpha value is -1.52. The van der Waals surface area contributed by atoms with Gasteiger partial charge in [0.05, 0.1) is 6.42 Å². The first-order valence-electron chi connectivity index (χ1n) is 5.40. The van der Waals surface area contributed by atoms with E-state index in [0.717, 1.165) is 12.8 Å². The summed E-state index contributed by atoms with van der Waals surface area (Å²) >= 11 is 0. The number of carboxylic acids is 1. The van der Waals surface area contributed by atoms with Crippen molar-refractivity contribution in [2.75, 3.05) is 20.1 Å². The van der Waals surface area contributed by atoms with Crippen molar-refractivity contribution in [2.24, 2.45) is 0 Å². The zero-order valence-corrected chi connectivity index (χ0v) is 9.56. The van der Waals surface area contributed by atoms with Crippen LogP contribution >= 0.6 is 0 Å². The molecule has 0 unspecified atom stereocenters. The van der Waals surface area contributed by atoms with Crippen molar-refractivity contribution in [1.82, 2.24) is 9.80 Å². The summed E-state index contributed by atoms with van der Waals surface area (Å²) in [6, 6.07) is 0.210. The molecule has 0 aromatic rings. The zero-order chi connectivity index (χ0) is 12.1. The smallest absolute Gasteiger partial charge is 0.320 e. The molecular formula is C11H18N2O3. The number of rotatable bonds is 6. The summed E-state index contributed by atoms with van der Waals surface area (Å²) in [5.41, 5.74) is 0. The Bertz CT molecular complexity index is 287. The fraction of sp³-hybridized carbons (Fsp3) is 0.636. The van der Waals surface area contributed by atoms with Crippen LogP contribution in [0.15, 0.2) is 12.7 Å². The number of aliphatic carboxylic acids is 1. The van der Waals surface area contributed by atoms with Crippen molar-refractivity contribution >= 4 is 12.0 Å². The highest BCUT2D eigenvalue weighted by atomic mass is 16.4. The SMILES string of the molecule is C=CCN(C(=O)N(C)CCC(=O)O)C1CC1. The van der Waals surface area contributed by atoms with Crippen LogP contribution in [0.25, 0.3) is 0 Å². The first-order chi connectivity index (χ1) is 7.56. The van der Waals surface area contributed by atoms with E-state index in [2.05, 4.69) is 6.58 Å². The van der Waals surface area contributed by atoms with Gasteiger partial charge < -0.3 is 14.9 Å². The molecule has 0 spiro atoms. The molecule has 0 aromatic carbocycles.